The lowest BCUT2D eigenvalue weighted by Gasteiger charge is -2.10. The van der Waals surface area contributed by atoms with E-state index in [1.807, 2.05) is 12.1 Å². The molecule has 3 aromatic rings. The summed E-state index contributed by atoms with van der Waals surface area (Å²) in [5.74, 6) is -0.307. The number of unbranched alkanes of at least 4 members (excludes halogenated alkanes) is 2. The van der Waals surface area contributed by atoms with Crippen LogP contribution in [0.1, 0.15) is 42.9 Å². The van der Waals surface area contributed by atoms with Crippen LogP contribution >= 0.6 is 0 Å². The first-order valence-corrected chi connectivity index (χ1v) is 12.6. The summed E-state index contributed by atoms with van der Waals surface area (Å²) >= 11 is 0. The minimum atomic E-state index is -0.647. The van der Waals surface area contributed by atoms with E-state index in [4.69, 9.17) is 14.6 Å². The van der Waals surface area contributed by atoms with E-state index in [0.29, 0.717) is 11.3 Å². The number of carbonyl (C=O) groups is 1. The quantitative estimate of drug-likeness (QED) is 0.160. The second-order valence-corrected chi connectivity index (χ2v) is 8.86. The number of rotatable bonds is 14. The summed E-state index contributed by atoms with van der Waals surface area (Å²) in [4.78, 5) is 11.4. The number of ether oxygens (including phenoxy) is 2. The lowest BCUT2D eigenvalue weighted by Crippen LogP contribution is -2.14. The molecule has 3 aromatic carbocycles. The van der Waals surface area contributed by atoms with E-state index < -0.39 is 12.6 Å². The van der Waals surface area contributed by atoms with Crippen LogP contribution in [0.25, 0.3) is 11.1 Å². The third kappa shape index (κ3) is 8.35. The molecule has 0 amide bonds. The maximum atomic E-state index is 14.9. The fraction of sp³-hybridized carbons (Fsp3) is 0.323. The van der Waals surface area contributed by atoms with Crippen LogP contribution in [0.15, 0.2) is 78.9 Å². The Labute approximate surface area is 213 Å². The summed E-state index contributed by atoms with van der Waals surface area (Å²) in [6.07, 6.45) is 6.53. The van der Waals surface area contributed by atoms with E-state index in [2.05, 4.69) is 37.8 Å². The predicted molar refractivity (Wildman–Crippen MR) is 142 cm³/mol. The van der Waals surface area contributed by atoms with Crippen molar-refractivity contribution in [3.63, 3.8) is 0 Å². The summed E-state index contributed by atoms with van der Waals surface area (Å²) in [7, 11) is 0. The van der Waals surface area contributed by atoms with Gasteiger partial charge in [-0.15, -0.1) is 0 Å². The molecule has 0 spiro atoms. The number of carbonyl (C=O) groups excluding carboxylic acids is 1. The first kappa shape index (κ1) is 27.2. The van der Waals surface area contributed by atoms with Crippen LogP contribution in [0.4, 0.5) is 4.39 Å². The Morgan fingerprint density at radius 1 is 0.861 bits per heavy atom. The van der Waals surface area contributed by atoms with E-state index >= 15 is 0 Å². The van der Waals surface area contributed by atoms with Crippen molar-refractivity contribution in [1.29, 1.82) is 0 Å². The summed E-state index contributed by atoms with van der Waals surface area (Å²) in [6.45, 7) is 5.38. The lowest BCUT2D eigenvalue weighted by molar-refractivity contribution is -0.140. The molecule has 0 saturated carbocycles. The molecule has 0 bridgehead atoms. The molecule has 0 saturated heterocycles. The first-order chi connectivity index (χ1) is 17.5. The van der Waals surface area contributed by atoms with Crippen molar-refractivity contribution in [3.8, 4) is 16.9 Å². The molecule has 0 aromatic heterocycles. The van der Waals surface area contributed by atoms with Gasteiger partial charge in [0.25, 0.3) is 0 Å². The molecule has 0 unspecified atom stereocenters. The Bertz CT molecular complexity index is 1120. The molecule has 3 rings (SSSR count). The minimum absolute atomic E-state index is 0.000722. The van der Waals surface area contributed by atoms with Crippen LogP contribution in [0.2, 0.25) is 0 Å². The Morgan fingerprint density at radius 2 is 1.50 bits per heavy atom. The molecule has 0 atom stereocenters. The van der Waals surface area contributed by atoms with Crippen LogP contribution in [0.3, 0.4) is 0 Å². The fourth-order valence-corrected chi connectivity index (χ4v) is 3.88. The summed E-state index contributed by atoms with van der Waals surface area (Å²) in [6, 6.07) is 21.3. The number of hydrogen-bond acceptors (Lipinski definition) is 4. The van der Waals surface area contributed by atoms with Gasteiger partial charge in [0, 0.05) is 5.56 Å². The van der Waals surface area contributed by atoms with Crippen LogP contribution in [-0.2, 0) is 28.8 Å². The number of halogens is 1. The molecule has 0 radical (unpaired) electrons. The molecule has 190 valence electrons. The highest BCUT2D eigenvalue weighted by Crippen LogP contribution is 2.26. The van der Waals surface area contributed by atoms with Crippen LogP contribution in [0.5, 0.6) is 5.75 Å². The highest BCUT2D eigenvalue weighted by atomic mass is 19.1. The van der Waals surface area contributed by atoms with Gasteiger partial charge in [-0.3, -0.25) is 0 Å². The summed E-state index contributed by atoms with van der Waals surface area (Å²) in [5.41, 5.74) is 4.92. The summed E-state index contributed by atoms with van der Waals surface area (Å²) < 4.78 is 25.4. The van der Waals surface area contributed by atoms with E-state index in [1.54, 1.807) is 30.3 Å². The second kappa shape index (κ2) is 14.2. The normalized spacial score (nSPS) is 10.8. The van der Waals surface area contributed by atoms with Gasteiger partial charge in [0.1, 0.15) is 24.8 Å². The van der Waals surface area contributed by atoms with Gasteiger partial charge in [-0.25, -0.2) is 9.18 Å². The third-order valence-corrected chi connectivity index (χ3v) is 6.06. The lowest BCUT2D eigenvalue weighted by atomic mass is 9.98. The van der Waals surface area contributed by atoms with Gasteiger partial charge in [0.05, 0.1) is 12.2 Å². The van der Waals surface area contributed by atoms with E-state index in [1.165, 1.54) is 30.4 Å². The second-order valence-electron chi connectivity index (χ2n) is 8.86. The van der Waals surface area contributed by atoms with Gasteiger partial charge in [0.15, 0.2) is 0 Å². The van der Waals surface area contributed by atoms with E-state index in [-0.39, 0.29) is 24.6 Å². The number of aryl methyl sites for hydroxylation is 3. The number of benzene rings is 3. The van der Waals surface area contributed by atoms with Crippen molar-refractivity contribution in [3.05, 3.63) is 101 Å². The molecular formula is C31H35FO4. The highest BCUT2D eigenvalue weighted by molar-refractivity contribution is 5.87. The number of esters is 1. The van der Waals surface area contributed by atoms with Crippen molar-refractivity contribution in [2.75, 3.05) is 19.8 Å². The number of aliphatic hydroxyl groups is 1. The molecule has 0 heterocycles. The third-order valence-electron chi connectivity index (χ3n) is 6.06. The molecule has 5 heteroatoms. The SMILES string of the molecule is C=C(CO)C(=O)OCCOc1ccc(-c2ccc(CCc3ccc(CCCCC)cc3)cc2F)cc1. The van der Waals surface area contributed by atoms with E-state index in [9.17, 15) is 9.18 Å². The first-order valence-electron chi connectivity index (χ1n) is 12.6. The van der Waals surface area contributed by atoms with Gasteiger partial charge < -0.3 is 14.6 Å². The van der Waals surface area contributed by atoms with Gasteiger partial charge in [0.2, 0.25) is 0 Å². The zero-order chi connectivity index (χ0) is 25.8. The van der Waals surface area contributed by atoms with Gasteiger partial charge in [-0.05, 0) is 66.1 Å². The zero-order valence-electron chi connectivity index (χ0n) is 21.0. The molecule has 36 heavy (non-hydrogen) atoms. The monoisotopic (exact) mass is 490 g/mol. The van der Waals surface area contributed by atoms with Crippen molar-refractivity contribution in [2.24, 2.45) is 0 Å². The average molecular weight is 491 g/mol. The van der Waals surface area contributed by atoms with Crippen molar-refractivity contribution < 1.29 is 23.8 Å². The number of hydrogen-bond donors (Lipinski definition) is 1. The van der Waals surface area contributed by atoms with Crippen molar-refractivity contribution in [2.45, 2.75) is 45.4 Å². The minimum Gasteiger partial charge on any atom is -0.490 e. The maximum absolute atomic E-state index is 14.9. The average Bonchev–Trinajstić information content (AvgIpc) is 2.90. The zero-order valence-corrected chi connectivity index (χ0v) is 21.0. The molecule has 0 fully saturated rings. The standard InChI is InChI=1S/C31H35FO4/c1-3-4-5-6-24-7-9-25(10-8-24)11-12-26-13-18-29(30(32)21-26)27-14-16-28(17-15-27)35-19-20-36-31(34)23(2)22-33/h7-10,13-18,21,33H,2-6,11-12,19-20,22H2,1H3. The van der Waals surface area contributed by atoms with Crippen LogP contribution in [-0.4, -0.2) is 30.9 Å². The summed E-state index contributed by atoms with van der Waals surface area (Å²) in [5, 5.41) is 8.85. The fourth-order valence-electron chi connectivity index (χ4n) is 3.88. The highest BCUT2D eigenvalue weighted by Gasteiger charge is 2.09. The van der Waals surface area contributed by atoms with Crippen LogP contribution in [0, 0.1) is 5.82 Å². The van der Waals surface area contributed by atoms with E-state index in [0.717, 1.165) is 30.4 Å². The predicted octanol–water partition coefficient (Wildman–Crippen LogP) is 6.48. The molecular weight excluding hydrogens is 455 g/mol. The molecule has 4 nitrogen and oxygen atoms in total. The molecule has 0 aliphatic heterocycles. The van der Waals surface area contributed by atoms with Gasteiger partial charge >= 0.3 is 5.97 Å². The van der Waals surface area contributed by atoms with Gasteiger partial charge in [-0.1, -0.05) is 74.9 Å². The van der Waals surface area contributed by atoms with Gasteiger partial charge in [-0.2, -0.15) is 0 Å². The largest absolute Gasteiger partial charge is 0.490 e. The van der Waals surface area contributed by atoms with Crippen LogP contribution < -0.4 is 4.74 Å². The Hall–Kier alpha value is -3.44. The van der Waals surface area contributed by atoms with Crippen molar-refractivity contribution >= 4 is 5.97 Å². The number of aliphatic hydroxyl groups excluding tert-OH is 1. The molecule has 1 N–H and O–H groups in total. The molecule has 0 aliphatic rings. The van der Waals surface area contributed by atoms with Crippen molar-refractivity contribution in [1.82, 2.24) is 0 Å². The Morgan fingerprint density at radius 3 is 2.14 bits per heavy atom. The topological polar surface area (TPSA) is 55.8 Å². The maximum Gasteiger partial charge on any atom is 0.335 e. The Kier molecular flexibility index (Phi) is 10.7. The Balaban J connectivity index is 1.49. The molecule has 0 aliphatic carbocycles. The smallest absolute Gasteiger partial charge is 0.335 e.